The Kier molecular flexibility index (Phi) is 5.05. The fourth-order valence-electron chi connectivity index (χ4n) is 2.36. The number of hydrogen-bond acceptors (Lipinski definition) is 5. The van der Waals surface area contributed by atoms with Gasteiger partial charge in [-0.3, -0.25) is 0 Å². The van der Waals surface area contributed by atoms with Crippen LogP contribution in [0.15, 0.2) is 48.5 Å². The second kappa shape index (κ2) is 7.59. The van der Waals surface area contributed by atoms with E-state index in [9.17, 15) is 0 Å². The van der Waals surface area contributed by atoms with Crippen LogP contribution in [0.5, 0.6) is 5.75 Å². The Morgan fingerprint density at radius 2 is 1.88 bits per heavy atom. The van der Waals surface area contributed by atoms with Crippen molar-refractivity contribution in [1.29, 1.82) is 0 Å². The van der Waals surface area contributed by atoms with Crippen LogP contribution in [0, 0.1) is 6.92 Å². The molecule has 0 aliphatic carbocycles. The van der Waals surface area contributed by atoms with Gasteiger partial charge in [0, 0.05) is 13.1 Å². The highest BCUT2D eigenvalue weighted by Crippen LogP contribution is 2.16. The third-order valence-corrected chi connectivity index (χ3v) is 3.86. The number of anilines is 1. The molecule has 6 heteroatoms. The second-order valence-corrected chi connectivity index (χ2v) is 5.53. The Labute approximate surface area is 141 Å². The topological polar surface area (TPSA) is 64.9 Å². The molecule has 1 N–H and O–H groups in total. The molecule has 3 rings (SSSR count). The first-order valence-corrected chi connectivity index (χ1v) is 8.02. The van der Waals surface area contributed by atoms with Gasteiger partial charge < -0.3 is 10.1 Å². The lowest BCUT2D eigenvalue weighted by atomic mass is 10.1. The van der Waals surface area contributed by atoms with Crippen molar-refractivity contribution in [2.75, 3.05) is 5.32 Å². The first kappa shape index (κ1) is 16.0. The highest BCUT2D eigenvalue weighted by molar-refractivity contribution is 5.32. The van der Waals surface area contributed by atoms with Gasteiger partial charge in [-0.2, -0.15) is 0 Å². The first-order chi connectivity index (χ1) is 11.8. The number of rotatable bonds is 7. The number of aryl methyl sites for hydroxylation is 2. The van der Waals surface area contributed by atoms with Crippen molar-refractivity contribution < 1.29 is 4.74 Å². The molecule has 6 nitrogen and oxygen atoms in total. The lowest BCUT2D eigenvalue weighted by Crippen LogP contribution is -2.07. The molecule has 0 radical (unpaired) electrons. The molecule has 0 aliphatic heterocycles. The number of hydrogen-bond donors (Lipinski definition) is 1. The maximum Gasteiger partial charge on any atom is 0.243 e. The molecule has 1 aromatic heterocycles. The maximum absolute atomic E-state index is 5.86. The Balaban J connectivity index is 1.54. The van der Waals surface area contributed by atoms with E-state index in [1.54, 1.807) is 4.68 Å². The monoisotopic (exact) mass is 323 g/mol. The number of aromatic nitrogens is 4. The van der Waals surface area contributed by atoms with Crippen LogP contribution in [-0.4, -0.2) is 20.2 Å². The zero-order valence-electron chi connectivity index (χ0n) is 13.9. The van der Waals surface area contributed by atoms with Gasteiger partial charge in [0.15, 0.2) is 0 Å². The van der Waals surface area contributed by atoms with Gasteiger partial charge in [0.2, 0.25) is 5.95 Å². The van der Waals surface area contributed by atoms with Gasteiger partial charge >= 0.3 is 0 Å². The molecule has 0 spiro atoms. The van der Waals surface area contributed by atoms with Crippen LogP contribution in [0.4, 0.5) is 5.95 Å². The van der Waals surface area contributed by atoms with Gasteiger partial charge in [-0.05, 0) is 53.1 Å². The molecule has 24 heavy (non-hydrogen) atoms. The summed E-state index contributed by atoms with van der Waals surface area (Å²) in [5.41, 5.74) is 3.59. The molecule has 0 amide bonds. The van der Waals surface area contributed by atoms with Crippen LogP contribution in [0.1, 0.15) is 23.6 Å². The van der Waals surface area contributed by atoms with Gasteiger partial charge in [-0.15, -0.1) is 0 Å². The minimum atomic E-state index is 0.579. The third kappa shape index (κ3) is 3.90. The number of tetrazole rings is 1. The molecule has 0 fully saturated rings. The summed E-state index contributed by atoms with van der Waals surface area (Å²) >= 11 is 0. The fraction of sp³-hybridized carbons (Fsp3) is 0.278. The fourth-order valence-corrected chi connectivity index (χ4v) is 2.36. The molecular formula is C18H21N5O. The van der Waals surface area contributed by atoms with Gasteiger partial charge in [-0.1, -0.05) is 41.5 Å². The van der Waals surface area contributed by atoms with E-state index in [0.29, 0.717) is 19.1 Å². The molecule has 0 bridgehead atoms. The molecule has 124 valence electrons. The molecule has 0 saturated heterocycles. The maximum atomic E-state index is 5.86. The Morgan fingerprint density at radius 3 is 2.62 bits per heavy atom. The second-order valence-electron chi connectivity index (χ2n) is 5.53. The summed E-state index contributed by atoms with van der Waals surface area (Å²) in [6, 6.07) is 16.3. The third-order valence-electron chi connectivity index (χ3n) is 3.86. The van der Waals surface area contributed by atoms with E-state index in [4.69, 9.17) is 4.74 Å². The quantitative estimate of drug-likeness (QED) is 0.723. The smallest absolute Gasteiger partial charge is 0.243 e. The molecule has 0 unspecified atom stereocenters. The van der Waals surface area contributed by atoms with Crippen molar-refractivity contribution in [3.05, 3.63) is 65.2 Å². The zero-order valence-corrected chi connectivity index (χ0v) is 13.9. The van der Waals surface area contributed by atoms with Gasteiger partial charge in [0.05, 0.1) is 0 Å². The van der Waals surface area contributed by atoms with E-state index >= 15 is 0 Å². The predicted molar refractivity (Wildman–Crippen MR) is 92.8 cm³/mol. The molecule has 0 atom stereocenters. The van der Waals surface area contributed by atoms with E-state index in [-0.39, 0.29) is 0 Å². The molecule has 0 saturated carbocycles. The minimum absolute atomic E-state index is 0.579. The summed E-state index contributed by atoms with van der Waals surface area (Å²) in [7, 11) is 0. The summed E-state index contributed by atoms with van der Waals surface area (Å²) < 4.78 is 7.58. The van der Waals surface area contributed by atoms with E-state index in [1.165, 1.54) is 11.1 Å². The predicted octanol–water partition coefficient (Wildman–Crippen LogP) is 3.19. The number of nitrogens with one attached hydrogen (secondary N) is 1. The van der Waals surface area contributed by atoms with Crippen molar-refractivity contribution >= 4 is 5.95 Å². The van der Waals surface area contributed by atoms with E-state index in [2.05, 4.69) is 39.9 Å². The summed E-state index contributed by atoms with van der Waals surface area (Å²) in [6.45, 7) is 6.08. The number of nitrogens with zero attached hydrogens (tertiary/aromatic N) is 4. The summed E-state index contributed by atoms with van der Waals surface area (Å²) in [5, 5.41) is 14.7. The average molecular weight is 323 g/mol. The Morgan fingerprint density at radius 1 is 1.08 bits per heavy atom. The number of ether oxygens (including phenoxy) is 1. The Hall–Kier alpha value is -2.89. The minimum Gasteiger partial charge on any atom is -0.489 e. The Bertz CT molecular complexity index is 782. The van der Waals surface area contributed by atoms with Crippen LogP contribution in [0.2, 0.25) is 0 Å². The van der Waals surface area contributed by atoms with Crippen LogP contribution in [-0.2, 0) is 19.7 Å². The van der Waals surface area contributed by atoms with Crippen molar-refractivity contribution in [1.82, 2.24) is 20.2 Å². The van der Waals surface area contributed by atoms with Crippen molar-refractivity contribution in [2.24, 2.45) is 0 Å². The van der Waals surface area contributed by atoms with Gasteiger partial charge in [0.1, 0.15) is 12.4 Å². The highest BCUT2D eigenvalue weighted by atomic mass is 16.5. The van der Waals surface area contributed by atoms with E-state index < -0.39 is 0 Å². The standard InChI is InChI=1S/C18H21N5O/c1-3-23-18(20-21-22-23)19-12-15-8-10-17(11-9-15)24-13-16-7-5-4-6-14(16)2/h4-11H,3,12-13H2,1-2H3,(H,19,20,22). The van der Waals surface area contributed by atoms with Gasteiger partial charge in [0.25, 0.3) is 0 Å². The van der Waals surface area contributed by atoms with Crippen molar-refractivity contribution in [3.8, 4) is 5.75 Å². The van der Waals surface area contributed by atoms with Crippen molar-refractivity contribution in [2.45, 2.75) is 33.5 Å². The molecule has 3 aromatic rings. The first-order valence-electron chi connectivity index (χ1n) is 8.02. The number of benzene rings is 2. The lowest BCUT2D eigenvalue weighted by molar-refractivity contribution is 0.305. The largest absolute Gasteiger partial charge is 0.489 e. The van der Waals surface area contributed by atoms with Gasteiger partial charge in [-0.25, -0.2) is 4.68 Å². The van der Waals surface area contributed by atoms with Crippen LogP contribution in [0.3, 0.4) is 0 Å². The van der Waals surface area contributed by atoms with E-state index in [0.717, 1.165) is 17.9 Å². The molecule has 2 aromatic carbocycles. The van der Waals surface area contributed by atoms with Crippen LogP contribution >= 0.6 is 0 Å². The van der Waals surface area contributed by atoms with Crippen molar-refractivity contribution in [3.63, 3.8) is 0 Å². The van der Waals surface area contributed by atoms with Crippen LogP contribution < -0.4 is 10.1 Å². The normalized spacial score (nSPS) is 10.6. The SMILES string of the molecule is CCn1nnnc1NCc1ccc(OCc2ccccc2C)cc1. The van der Waals surface area contributed by atoms with Crippen LogP contribution in [0.25, 0.3) is 0 Å². The highest BCUT2D eigenvalue weighted by Gasteiger charge is 2.04. The van der Waals surface area contributed by atoms with E-state index in [1.807, 2.05) is 43.3 Å². The molecular weight excluding hydrogens is 302 g/mol. The summed E-state index contributed by atoms with van der Waals surface area (Å²) in [6.07, 6.45) is 0. The molecule has 1 heterocycles. The lowest BCUT2D eigenvalue weighted by Gasteiger charge is -2.10. The average Bonchev–Trinajstić information content (AvgIpc) is 3.08. The zero-order chi connectivity index (χ0) is 16.8. The summed E-state index contributed by atoms with van der Waals surface area (Å²) in [5.74, 6) is 1.54. The molecule has 0 aliphatic rings. The summed E-state index contributed by atoms with van der Waals surface area (Å²) in [4.78, 5) is 0.